The van der Waals surface area contributed by atoms with Crippen LogP contribution in [0.3, 0.4) is 0 Å². The van der Waals surface area contributed by atoms with Crippen LogP contribution in [0.2, 0.25) is 0 Å². The molecular weight excluding hydrogens is 233 g/mol. The maximum absolute atomic E-state index is 13.6. The zero-order valence-corrected chi connectivity index (χ0v) is 9.05. The molecule has 3 N–H and O–H groups in total. The Morgan fingerprint density at radius 3 is 2.41 bits per heavy atom. The smallest absolute Gasteiger partial charge is 0.133 e. The van der Waals surface area contributed by atoms with Gasteiger partial charge in [-0.25, -0.2) is 13.2 Å². The maximum Gasteiger partial charge on any atom is 0.133 e. The molecule has 2 atom stereocenters. The first kappa shape index (κ1) is 12.3. The minimum Gasteiger partial charge on any atom is -0.381 e. The van der Waals surface area contributed by atoms with Gasteiger partial charge in [-0.1, -0.05) is 0 Å². The highest BCUT2D eigenvalue weighted by Gasteiger charge is 2.30. The molecule has 0 saturated carbocycles. The molecule has 17 heavy (non-hydrogen) atoms. The van der Waals surface area contributed by atoms with Crippen LogP contribution in [-0.4, -0.2) is 13.2 Å². The summed E-state index contributed by atoms with van der Waals surface area (Å²) in [5.74, 6) is 2.40. The van der Waals surface area contributed by atoms with Gasteiger partial charge in [-0.15, -0.1) is 0 Å². The van der Waals surface area contributed by atoms with E-state index >= 15 is 0 Å². The average Bonchev–Trinajstić information content (AvgIpc) is 2.76. The first-order chi connectivity index (χ1) is 8.13. The Morgan fingerprint density at radius 1 is 1.29 bits per heavy atom. The van der Waals surface area contributed by atoms with E-state index in [0.717, 1.165) is 0 Å². The van der Waals surface area contributed by atoms with Gasteiger partial charge in [0.25, 0.3) is 0 Å². The minimum atomic E-state index is -0.942. The van der Waals surface area contributed by atoms with Crippen LogP contribution in [0.1, 0.15) is 18.0 Å². The van der Waals surface area contributed by atoms with E-state index in [9.17, 15) is 13.2 Å². The van der Waals surface area contributed by atoms with Gasteiger partial charge in [-0.2, -0.15) is 0 Å². The normalized spacial score (nSPS) is 21.8. The van der Waals surface area contributed by atoms with Crippen LogP contribution in [0.4, 0.5) is 13.2 Å². The molecule has 1 aliphatic rings. The van der Waals surface area contributed by atoms with Crippen LogP contribution < -0.4 is 11.3 Å². The van der Waals surface area contributed by atoms with Crippen molar-refractivity contribution in [3.63, 3.8) is 0 Å². The second-order valence-corrected chi connectivity index (χ2v) is 4.05. The summed E-state index contributed by atoms with van der Waals surface area (Å²) in [6.45, 7) is 0.915. The third-order valence-corrected chi connectivity index (χ3v) is 2.97. The van der Waals surface area contributed by atoms with E-state index in [1.54, 1.807) is 0 Å². The molecule has 0 bridgehead atoms. The van der Waals surface area contributed by atoms with Gasteiger partial charge in [-0.05, 0) is 6.42 Å². The quantitative estimate of drug-likeness (QED) is 0.629. The molecule has 1 saturated heterocycles. The molecule has 0 radical (unpaired) electrons. The molecule has 2 unspecified atom stereocenters. The first-order valence-electron chi connectivity index (χ1n) is 5.31. The van der Waals surface area contributed by atoms with Gasteiger partial charge < -0.3 is 4.74 Å². The van der Waals surface area contributed by atoms with E-state index in [1.165, 1.54) is 0 Å². The zero-order chi connectivity index (χ0) is 12.4. The molecule has 1 aromatic rings. The fourth-order valence-electron chi connectivity index (χ4n) is 2.12. The monoisotopic (exact) mass is 246 g/mol. The van der Waals surface area contributed by atoms with E-state index in [2.05, 4.69) is 5.43 Å². The molecule has 0 aliphatic carbocycles. The van der Waals surface area contributed by atoms with Crippen LogP contribution in [0.5, 0.6) is 0 Å². The lowest BCUT2D eigenvalue weighted by atomic mass is 9.92. The SMILES string of the molecule is NNC(c1c(F)cc(F)cc1F)C1CCOC1. The lowest BCUT2D eigenvalue weighted by Gasteiger charge is -2.22. The van der Waals surface area contributed by atoms with E-state index in [4.69, 9.17) is 10.6 Å². The summed E-state index contributed by atoms with van der Waals surface area (Å²) in [6, 6.07) is 0.593. The van der Waals surface area contributed by atoms with Crippen molar-refractivity contribution in [2.45, 2.75) is 12.5 Å². The van der Waals surface area contributed by atoms with E-state index in [-0.39, 0.29) is 11.5 Å². The number of rotatable bonds is 3. The maximum atomic E-state index is 13.6. The molecule has 0 aromatic heterocycles. The molecule has 3 nitrogen and oxygen atoms in total. The molecule has 94 valence electrons. The second-order valence-electron chi connectivity index (χ2n) is 4.05. The summed E-state index contributed by atoms with van der Waals surface area (Å²) in [6.07, 6.45) is 0.658. The Labute approximate surface area is 96.7 Å². The number of benzene rings is 1. The Balaban J connectivity index is 2.36. The van der Waals surface area contributed by atoms with Crippen LogP contribution in [0.15, 0.2) is 12.1 Å². The summed E-state index contributed by atoms with van der Waals surface area (Å²) < 4.78 is 45.1. The van der Waals surface area contributed by atoms with Crippen molar-refractivity contribution in [3.05, 3.63) is 35.1 Å². The average molecular weight is 246 g/mol. The topological polar surface area (TPSA) is 47.3 Å². The van der Waals surface area contributed by atoms with Gasteiger partial charge in [0.05, 0.1) is 12.6 Å². The van der Waals surface area contributed by atoms with Gasteiger partial charge >= 0.3 is 0 Å². The summed E-state index contributed by atoms with van der Waals surface area (Å²) in [5, 5.41) is 0. The van der Waals surface area contributed by atoms with Crippen LogP contribution >= 0.6 is 0 Å². The zero-order valence-electron chi connectivity index (χ0n) is 9.05. The van der Waals surface area contributed by atoms with Gasteiger partial charge in [0.15, 0.2) is 0 Å². The van der Waals surface area contributed by atoms with Crippen LogP contribution in [0.25, 0.3) is 0 Å². The summed E-state index contributed by atoms with van der Waals surface area (Å²) in [4.78, 5) is 0. The minimum absolute atomic E-state index is 0.116. The largest absolute Gasteiger partial charge is 0.381 e. The molecule has 0 amide bonds. The van der Waals surface area contributed by atoms with E-state index in [0.29, 0.717) is 31.8 Å². The molecule has 1 fully saturated rings. The third-order valence-electron chi connectivity index (χ3n) is 2.97. The number of hydrazine groups is 1. The van der Waals surface area contributed by atoms with Crippen molar-refractivity contribution in [2.75, 3.05) is 13.2 Å². The number of halogens is 3. The van der Waals surface area contributed by atoms with Gasteiger partial charge in [0.1, 0.15) is 17.5 Å². The van der Waals surface area contributed by atoms with Crippen molar-refractivity contribution >= 4 is 0 Å². The first-order valence-corrected chi connectivity index (χ1v) is 5.31. The molecule has 2 rings (SSSR count). The molecule has 6 heteroatoms. The fraction of sp³-hybridized carbons (Fsp3) is 0.455. The highest BCUT2D eigenvalue weighted by molar-refractivity contribution is 5.25. The lowest BCUT2D eigenvalue weighted by molar-refractivity contribution is 0.175. The van der Waals surface area contributed by atoms with Crippen LogP contribution in [-0.2, 0) is 4.74 Å². The third kappa shape index (κ3) is 2.43. The molecule has 1 aromatic carbocycles. The van der Waals surface area contributed by atoms with Crippen LogP contribution in [0, 0.1) is 23.4 Å². The summed E-state index contributed by atoms with van der Waals surface area (Å²) in [7, 11) is 0. The van der Waals surface area contributed by atoms with Gasteiger partial charge in [-0.3, -0.25) is 11.3 Å². The number of hydrogen-bond donors (Lipinski definition) is 2. The number of nitrogens with two attached hydrogens (primary N) is 1. The standard InChI is InChI=1S/C11H13F3N2O/c12-7-3-8(13)10(9(14)4-7)11(16-15)6-1-2-17-5-6/h3-4,6,11,16H,1-2,5,15H2. The number of ether oxygens (including phenoxy) is 1. The molecule has 1 heterocycles. The van der Waals surface area contributed by atoms with Crippen molar-refractivity contribution in [1.29, 1.82) is 0 Å². The van der Waals surface area contributed by atoms with E-state index < -0.39 is 23.5 Å². The number of hydrogen-bond acceptors (Lipinski definition) is 3. The Morgan fingerprint density at radius 2 is 1.94 bits per heavy atom. The second kappa shape index (κ2) is 5.03. The molecule has 0 spiro atoms. The van der Waals surface area contributed by atoms with Gasteiger partial charge in [0, 0.05) is 30.2 Å². The Hall–Kier alpha value is -1.11. The lowest BCUT2D eigenvalue weighted by Crippen LogP contribution is -2.35. The van der Waals surface area contributed by atoms with Gasteiger partial charge in [0.2, 0.25) is 0 Å². The Bertz CT molecular complexity index is 385. The van der Waals surface area contributed by atoms with Crippen molar-refractivity contribution in [2.24, 2.45) is 11.8 Å². The van der Waals surface area contributed by atoms with Crippen molar-refractivity contribution in [3.8, 4) is 0 Å². The highest BCUT2D eigenvalue weighted by Crippen LogP contribution is 2.31. The molecular formula is C11H13F3N2O. The van der Waals surface area contributed by atoms with Crippen molar-refractivity contribution < 1.29 is 17.9 Å². The fourth-order valence-corrected chi connectivity index (χ4v) is 2.12. The molecule has 1 aliphatic heterocycles. The van der Waals surface area contributed by atoms with Crippen molar-refractivity contribution in [1.82, 2.24) is 5.43 Å². The summed E-state index contributed by atoms with van der Waals surface area (Å²) in [5.41, 5.74) is 2.15. The number of nitrogens with one attached hydrogen (secondary N) is 1. The Kier molecular flexibility index (Phi) is 3.66. The predicted molar refractivity (Wildman–Crippen MR) is 55.3 cm³/mol. The predicted octanol–water partition coefficient (Wildman–Crippen LogP) is 1.64. The summed E-state index contributed by atoms with van der Waals surface area (Å²) >= 11 is 0. The highest BCUT2D eigenvalue weighted by atomic mass is 19.1. The van der Waals surface area contributed by atoms with E-state index in [1.807, 2.05) is 0 Å².